The van der Waals surface area contributed by atoms with Gasteiger partial charge in [-0.15, -0.1) is 0 Å². The highest BCUT2D eigenvalue weighted by Crippen LogP contribution is 2.28. The number of benzene rings is 1. The Labute approximate surface area is 113 Å². The molecule has 1 aliphatic rings. The molecule has 0 unspecified atom stereocenters. The molecule has 1 aliphatic heterocycles. The number of fused-ring (bicyclic) bond motifs is 1. The average Bonchev–Trinajstić information content (AvgIpc) is 2.81. The van der Waals surface area contributed by atoms with E-state index in [0.717, 1.165) is 30.0 Å². The number of aromatic nitrogens is 2. The van der Waals surface area contributed by atoms with Gasteiger partial charge in [-0.25, -0.2) is 4.98 Å². The lowest BCUT2D eigenvalue weighted by Gasteiger charge is -2.17. The Morgan fingerprint density at radius 3 is 2.79 bits per heavy atom. The van der Waals surface area contributed by atoms with Gasteiger partial charge >= 0.3 is 0 Å². The molecule has 100 valence electrons. The Bertz CT molecular complexity index is 613. The molecule has 0 saturated heterocycles. The van der Waals surface area contributed by atoms with Crippen molar-refractivity contribution in [3.8, 4) is 11.4 Å². The number of aliphatic hydroxyl groups excluding tert-OH is 1. The van der Waals surface area contributed by atoms with Crippen LogP contribution in [0.1, 0.15) is 35.4 Å². The predicted molar refractivity (Wildman–Crippen MR) is 76.0 cm³/mol. The van der Waals surface area contributed by atoms with Gasteiger partial charge in [-0.3, -0.25) is 0 Å². The van der Waals surface area contributed by atoms with Crippen LogP contribution in [0.15, 0.2) is 18.2 Å². The summed E-state index contributed by atoms with van der Waals surface area (Å²) < 4.78 is 2.29. The van der Waals surface area contributed by atoms with Gasteiger partial charge in [0.25, 0.3) is 0 Å². The summed E-state index contributed by atoms with van der Waals surface area (Å²) in [5.41, 5.74) is 5.83. The first kappa shape index (κ1) is 12.4. The fourth-order valence-electron chi connectivity index (χ4n) is 2.85. The predicted octanol–water partition coefficient (Wildman–Crippen LogP) is 3.00. The molecule has 3 nitrogen and oxygen atoms in total. The molecule has 0 atom stereocenters. The Balaban J connectivity index is 2.14. The van der Waals surface area contributed by atoms with Crippen molar-refractivity contribution < 1.29 is 5.11 Å². The van der Waals surface area contributed by atoms with E-state index in [1.807, 2.05) is 0 Å². The molecule has 0 aliphatic carbocycles. The molecule has 2 aromatic rings. The Kier molecular flexibility index (Phi) is 3.15. The fraction of sp³-hybridized carbons (Fsp3) is 0.438. The van der Waals surface area contributed by atoms with Crippen molar-refractivity contribution in [2.45, 2.75) is 46.3 Å². The number of nitrogens with zero attached hydrogens (tertiary/aromatic N) is 2. The zero-order valence-electron chi connectivity index (χ0n) is 11.6. The van der Waals surface area contributed by atoms with Gasteiger partial charge in [-0.2, -0.15) is 0 Å². The minimum atomic E-state index is 0.0418. The molecule has 19 heavy (non-hydrogen) atoms. The third kappa shape index (κ3) is 2.08. The maximum atomic E-state index is 9.48. The summed E-state index contributed by atoms with van der Waals surface area (Å²) in [7, 11) is 0. The van der Waals surface area contributed by atoms with Crippen LogP contribution in [0.3, 0.4) is 0 Å². The van der Waals surface area contributed by atoms with Crippen LogP contribution in [0, 0.1) is 13.8 Å². The lowest BCUT2D eigenvalue weighted by molar-refractivity contribution is 0.275. The minimum Gasteiger partial charge on any atom is -0.390 e. The topological polar surface area (TPSA) is 38.1 Å². The first-order chi connectivity index (χ1) is 9.20. The van der Waals surface area contributed by atoms with Crippen LogP contribution in [0.2, 0.25) is 0 Å². The van der Waals surface area contributed by atoms with Gasteiger partial charge in [-0.05, 0) is 50.3 Å². The molecule has 3 rings (SSSR count). The summed E-state index contributed by atoms with van der Waals surface area (Å²) in [6.45, 7) is 5.32. The van der Waals surface area contributed by atoms with Crippen LogP contribution in [0.4, 0.5) is 0 Å². The van der Waals surface area contributed by atoms with E-state index in [4.69, 9.17) is 0 Å². The maximum absolute atomic E-state index is 9.48. The smallest absolute Gasteiger partial charge is 0.140 e. The molecular formula is C16H20N2O. The maximum Gasteiger partial charge on any atom is 0.140 e. The fourth-order valence-corrected chi connectivity index (χ4v) is 2.85. The highest BCUT2D eigenvalue weighted by Gasteiger charge is 2.20. The third-order valence-corrected chi connectivity index (χ3v) is 4.12. The average molecular weight is 256 g/mol. The molecule has 0 saturated carbocycles. The molecule has 0 bridgehead atoms. The van der Waals surface area contributed by atoms with Crippen LogP contribution in [-0.4, -0.2) is 14.7 Å². The highest BCUT2D eigenvalue weighted by molar-refractivity contribution is 5.59. The second kappa shape index (κ2) is 4.82. The minimum absolute atomic E-state index is 0.0418. The molecule has 0 fully saturated rings. The van der Waals surface area contributed by atoms with Crippen molar-refractivity contribution in [1.29, 1.82) is 0 Å². The number of imidazole rings is 1. The number of hydrogen-bond donors (Lipinski definition) is 1. The summed E-state index contributed by atoms with van der Waals surface area (Å²) in [5, 5.41) is 9.48. The SMILES string of the molecule is Cc1ccc(-c2nc(CO)c3n2CCCC3)cc1C. The Morgan fingerprint density at radius 2 is 2.05 bits per heavy atom. The van der Waals surface area contributed by atoms with Gasteiger partial charge in [0.15, 0.2) is 0 Å². The van der Waals surface area contributed by atoms with E-state index >= 15 is 0 Å². The van der Waals surface area contributed by atoms with Crippen LogP contribution in [0.25, 0.3) is 11.4 Å². The van der Waals surface area contributed by atoms with E-state index < -0.39 is 0 Å². The first-order valence-electron chi connectivity index (χ1n) is 6.97. The molecular weight excluding hydrogens is 236 g/mol. The van der Waals surface area contributed by atoms with Gasteiger partial charge in [0.2, 0.25) is 0 Å². The summed E-state index contributed by atoms with van der Waals surface area (Å²) in [4.78, 5) is 4.66. The molecule has 1 aromatic heterocycles. The van der Waals surface area contributed by atoms with E-state index in [-0.39, 0.29) is 6.61 Å². The molecule has 3 heteroatoms. The van der Waals surface area contributed by atoms with E-state index in [2.05, 4.69) is 41.6 Å². The van der Waals surface area contributed by atoms with E-state index in [0.29, 0.717) is 0 Å². The van der Waals surface area contributed by atoms with Crippen molar-refractivity contribution >= 4 is 0 Å². The van der Waals surface area contributed by atoms with Crippen molar-refractivity contribution in [3.05, 3.63) is 40.7 Å². The third-order valence-electron chi connectivity index (χ3n) is 4.12. The standard InChI is InChI=1S/C16H20N2O/c1-11-6-7-13(9-12(11)2)16-17-14(10-19)15-5-3-4-8-18(15)16/h6-7,9,19H,3-5,8,10H2,1-2H3. The van der Waals surface area contributed by atoms with Gasteiger partial charge in [0.05, 0.1) is 12.3 Å². The molecule has 2 heterocycles. The summed E-state index contributed by atoms with van der Waals surface area (Å²) in [6, 6.07) is 6.47. The van der Waals surface area contributed by atoms with Gasteiger partial charge in [0, 0.05) is 17.8 Å². The molecule has 0 radical (unpaired) electrons. The highest BCUT2D eigenvalue weighted by atomic mass is 16.3. The number of rotatable bonds is 2. The number of aryl methyl sites for hydroxylation is 2. The first-order valence-corrected chi connectivity index (χ1v) is 6.97. The molecule has 1 N–H and O–H groups in total. The molecule has 0 amide bonds. The van der Waals surface area contributed by atoms with E-state index in [1.165, 1.54) is 29.7 Å². The van der Waals surface area contributed by atoms with Crippen LogP contribution < -0.4 is 0 Å². The van der Waals surface area contributed by atoms with E-state index in [9.17, 15) is 5.11 Å². The van der Waals surface area contributed by atoms with Crippen LogP contribution in [-0.2, 0) is 19.6 Å². The Hall–Kier alpha value is -1.61. The Morgan fingerprint density at radius 1 is 1.21 bits per heavy atom. The summed E-state index contributed by atoms with van der Waals surface area (Å²) >= 11 is 0. The van der Waals surface area contributed by atoms with Crippen LogP contribution >= 0.6 is 0 Å². The van der Waals surface area contributed by atoms with Crippen molar-refractivity contribution in [2.75, 3.05) is 0 Å². The molecule has 1 aromatic carbocycles. The van der Waals surface area contributed by atoms with E-state index in [1.54, 1.807) is 0 Å². The normalized spacial score (nSPS) is 14.5. The second-order valence-electron chi connectivity index (χ2n) is 5.39. The van der Waals surface area contributed by atoms with Gasteiger partial charge < -0.3 is 9.67 Å². The summed E-state index contributed by atoms with van der Waals surface area (Å²) in [6.07, 6.45) is 3.44. The monoisotopic (exact) mass is 256 g/mol. The van der Waals surface area contributed by atoms with Crippen molar-refractivity contribution in [2.24, 2.45) is 0 Å². The summed E-state index contributed by atoms with van der Waals surface area (Å²) in [5.74, 6) is 1.02. The number of aliphatic hydroxyl groups is 1. The zero-order chi connectivity index (χ0) is 13.4. The lowest BCUT2D eigenvalue weighted by Crippen LogP contribution is -2.12. The van der Waals surface area contributed by atoms with Gasteiger partial charge in [0.1, 0.15) is 5.82 Å². The largest absolute Gasteiger partial charge is 0.390 e. The second-order valence-corrected chi connectivity index (χ2v) is 5.39. The molecule has 0 spiro atoms. The van der Waals surface area contributed by atoms with Crippen LogP contribution in [0.5, 0.6) is 0 Å². The van der Waals surface area contributed by atoms with Crippen molar-refractivity contribution in [3.63, 3.8) is 0 Å². The zero-order valence-corrected chi connectivity index (χ0v) is 11.6. The van der Waals surface area contributed by atoms with Gasteiger partial charge in [-0.1, -0.05) is 12.1 Å². The van der Waals surface area contributed by atoms with Crippen molar-refractivity contribution in [1.82, 2.24) is 9.55 Å². The number of hydrogen-bond acceptors (Lipinski definition) is 2. The lowest BCUT2D eigenvalue weighted by atomic mass is 10.1. The quantitative estimate of drug-likeness (QED) is 0.897.